The Morgan fingerprint density at radius 3 is 2.50 bits per heavy atom. The number of rotatable bonds is 5. The number of nitrogens with one attached hydrogen (secondary N) is 1. The van der Waals surface area contributed by atoms with Crippen molar-refractivity contribution in [3.63, 3.8) is 0 Å². The fraction of sp³-hybridized carbons (Fsp3) is 0.294. The van der Waals surface area contributed by atoms with Crippen LogP contribution in [0.15, 0.2) is 46.9 Å². The first-order chi connectivity index (χ1) is 9.60. The predicted octanol–water partition coefficient (Wildman–Crippen LogP) is 4.62. The van der Waals surface area contributed by atoms with Crippen LogP contribution in [-0.2, 0) is 6.54 Å². The van der Waals surface area contributed by atoms with Gasteiger partial charge in [0.15, 0.2) is 0 Å². The van der Waals surface area contributed by atoms with Gasteiger partial charge in [0.1, 0.15) is 5.75 Å². The van der Waals surface area contributed by atoms with Crippen LogP contribution >= 0.6 is 15.9 Å². The minimum Gasteiger partial charge on any atom is -0.497 e. The third-order valence-corrected chi connectivity index (χ3v) is 4.20. The number of ether oxygens (including phenoxy) is 1. The third kappa shape index (κ3) is 3.84. The Kier molecular flexibility index (Phi) is 5.21. The molecule has 2 aromatic rings. The lowest BCUT2D eigenvalue weighted by Crippen LogP contribution is -2.18. The van der Waals surface area contributed by atoms with Crippen LogP contribution in [-0.4, -0.2) is 7.11 Å². The monoisotopic (exact) mass is 333 g/mol. The zero-order chi connectivity index (χ0) is 14.5. The summed E-state index contributed by atoms with van der Waals surface area (Å²) in [6.45, 7) is 5.08. The standard InChI is InChI=1S/C17H20BrNO/c1-12-4-6-14(7-5-12)13(2)19-11-15-10-16(20-3)8-9-17(15)18/h4-10,13,19H,11H2,1-3H3/t13-/m0/s1. The Morgan fingerprint density at radius 2 is 1.85 bits per heavy atom. The minimum absolute atomic E-state index is 0.314. The van der Waals surface area contributed by atoms with Gasteiger partial charge >= 0.3 is 0 Å². The van der Waals surface area contributed by atoms with Crippen LogP contribution in [0.2, 0.25) is 0 Å². The molecule has 2 aromatic carbocycles. The summed E-state index contributed by atoms with van der Waals surface area (Å²) in [5.74, 6) is 0.882. The Balaban J connectivity index is 2.02. The largest absolute Gasteiger partial charge is 0.497 e. The topological polar surface area (TPSA) is 21.3 Å². The molecule has 106 valence electrons. The molecule has 0 aromatic heterocycles. The van der Waals surface area contributed by atoms with Crippen LogP contribution in [0.25, 0.3) is 0 Å². The summed E-state index contributed by atoms with van der Waals surface area (Å²) in [5, 5.41) is 3.54. The van der Waals surface area contributed by atoms with E-state index in [1.165, 1.54) is 16.7 Å². The molecule has 0 radical (unpaired) electrons. The molecule has 20 heavy (non-hydrogen) atoms. The quantitative estimate of drug-likeness (QED) is 0.862. The van der Waals surface area contributed by atoms with Gasteiger partial charge in [-0.2, -0.15) is 0 Å². The highest BCUT2D eigenvalue weighted by molar-refractivity contribution is 9.10. The molecule has 0 saturated carbocycles. The normalized spacial score (nSPS) is 12.2. The van der Waals surface area contributed by atoms with Gasteiger partial charge in [0.05, 0.1) is 7.11 Å². The van der Waals surface area contributed by atoms with E-state index in [1.54, 1.807) is 7.11 Å². The van der Waals surface area contributed by atoms with Crippen LogP contribution < -0.4 is 10.1 Å². The molecular formula is C17H20BrNO. The summed E-state index contributed by atoms with van der Waals surface area (Å²) in [7, 11) is 1.69. The van der Waals surface area contributed by atoms with Gasteiger partial charge in [-0.25, -0.2) is 0 Å². The first kappa shape index (κ1) is 15.1. The number of hydrogen-bond donors (Lipinski definition) is 1. The molecule has 0 saturated heterocycles. The van der Waals surface area contributed by atoms with Gasteiger partial charge < -0.3 is 10.1 Å². The summed E-state index contributed by atoms with van der Waals surface area (Å²) in [6, 6.07) is 15.0. The highest BCUT2D eigenvalue weighted by Gasteiger charge is 2.07. The smallest absolute Gasteiger partial charge is 0.119 e. The molecule has 0 aliphatic rings. The van der Waals surface area contributed by atoms with E-state index in [4.69, 9.17) is 4.74 Å². The molecule has 0 aliphatic carbocycles. The van der Waals surface area contributed by atoms with Crippen LogP contribution in [0.1, 0.15) is 29.7 Å². The van der Waals surface area contributed by atoms with E-state index < -0.39 is 0 Å². The van der Waals surface area contributed by atoms with Gasteiger partial charge in [0.2, 0.25) is 0 Å². The molecule has 0 unspecified atom stereocenters. The van der Waals surface area contributed by atoms with Crippen LogP contribution in [0.5, 0.6) is 5.75 Å². The summed E-state index contributed by atoms with van der Waals surface area (Å²) in [5.41, 5.74) is 3.79. The van der Waals surface area contributed by atoms with Crippen LogP contribution in [0.4, 0.5) is 0 Å². The lowest BCUT2D eigenvalue weighted by molar-refractivity contribution is 0.413. The Bertz CT molecular complexity index is 566. The lowest BCUT2D eigenvalue weighted by Gasteiger charge is -2.16. The molecule has 0 bridgehead atoms. The minimum atomic E-state index is 0.314. The Labute approximate surface area is 129 Å². The second-order valence-corrected chi connectivity index (χ2v) is 5.82. The number of methoxy groups -OCH3 is 1. The number of halogens is 1. The van der Waals surface area contributed by atoms with E-state index in [9.17, 15) is 0 Å². The van der Waals surface area contributed by atoms with E-state index in [-0.39, 0.29) is 0 Å². The van der Waals surface area contributed by atoms with Crippen molar-refractivity contribution in [2.24, 2.45) is 0 Å². The van der Waals surface area contributed by atoms with Gasteiger partial charge in [0.25, 0.3) is 0 Å². The van der Waals surface area contributed by atoms with Gasteiger partial charge in [0, 0.05) is 17.1 Å². The van der Waals surface area contributed by atoms with Crippen molar-refractivity contribution in [1.29, 1.82) is 0 Å². The molecule has 2 nitrogen and oxygen atoms in total. The van der Waals surface area contributed by atoms with Gasteiger partial charge in [-0.1, -0.05) is 45.8 Å². The van der Waals surface area contributed by atoms with Crippen molar-refractivity contribution < 1.29 is 4.74 Å². The van der Waals surface area contributed by atoms with Crippen LogP contribution in [0.3, 0.4) is 0 Å². The fourth-order valence-corrected chi connectivity index (χ4v) is 2.44. The third-order valence-electron chi connectivity index (χ3n) is 3.43. The number of benzene rings is 2. The Morgan fingerprint density at radius 1 is 1.15 bits per heavy atom. The summed E-state index contributed by atoms with van der Waals surface area (Å²) in [6.07, 6.45) is 0. The molecule has 2 rings (SSSR count). The number of hydrogen-bond acceptors (Lipinski definition) is 2. The summed E-state index contributed by atoms with van der Waals surface area (Å²) < 4.78 is 6.36. The van der Waals surface area contributed by atoms with Gasteiger partial charge in [-0.15, -0.1) is 0 Å². The maximum Gasteiger partial charge on any atom is 0.119 e. The van der Waals surface area contributed by atoms with Crippen molar-refractivity contribution in [3.8, 4) is 5.75 Å². The van der Waals surface area contributed by atoms with E-state index in [0.29, 0.717) is 6.04 Å². The molecule has 3 heteroatoms. The van der Waals surface area contributed by atoms with Gasteiger partial charge in [-0.3, -0.25) is 0 Å². The van der Waals surface area contributed by atoms with Crippen molar-refractivity contribution in [2.75, 3.05) is 7.11 Å². The van der Waals surface area contributed by atoms with Crippen molar-refractivity contribution in [1.82, 2.24) is 5.32 Å². The summed E-state index contributed by atoms with van der Waals surface area (Å²) >= 11 is 3.58. The van der Waals surface area contributed by atoms with E-state index in [0.717, 1.165) is 16.8 Å². The maximum absolute atomic E-state index is 5.27. The highest BCUT2D eigenvalue weighted by atomic mass is 79.9. The highest BCUT2D eigenvalue weighted by Crippen LogP contribution is 2.23. The molecule has 0 fully saturated rings. The lowest BCUT2D eigenvalue weighted by atomic mass is 10.1. The molecule has 0 spiro atoms. The molecule has 0 aliphatic heterocycles. The van der Waals surface area contributed by atoms with Crippen LogP contribution in [0, 0.1) is 6.92 Å². The van der Waals surface area contributed by atoms with E-state index in [1.807, 2.05) is 12.1 Å². The first-order valence-corrected chi connectivity index (χ1v) is 7.52. The Hall–Kier alpha value is -1.32. The molecule has 1 atom stereocenters. The maximum atomic E-state index is 5.27. The summed E-state index contributed by atoms with van der Waals surface area (Å²) in [4.78, 5) is 0. The predicted molar refractivity (Wildman–Crippen MR) is 87.1 cm³/mol. The first-order valence-electron chi connectivity index (χ1n) is 6.72. The zero-order valence-electron chi connectivity index (χ0n) is 12.1. The molecule has 0 heterocycles. The second kappa shape index (κ2) is 6.91. The van der Waals surface area contributed by atoms with E-state index >= 15 is 0 Å². The second-order valence-electron chi connectivity index (χ2n) is 4.97. The molecular weight excluding hydrogens is 314 g/mol. The van der Waals surface area contributed by atoms with Crippen molar-refractivity contribution >= 4 is 15.9 Å². The number of aryl methyl sites for hydroxylation is 1. The zero-order valence-corrected chi connectivity index (χ0v) is 13.7. The molecule has 0 amide bonds. The van der Waals surface area contributed by atoms with Crippen molar-refractivity contribution in [2.45, 2.75) is 26.4 Å². The van der Waals surface area contributed by atoms with Crippen molar-refractivity contribution in [3.05, 3.63) is 63.6 Å². The molecule has 1 N–H and O–H groups in total. The SMILES string of the molecule is COc1ccc(Br)c(CN[C@@H](C)c2ccc(C)cc2)c1. The average molecular weight is 334 g/mol. The average Bonchev–Trinajstić information content (AvgIpc) is 2.47. The fourth-order valence-electron chi connectivity index (χ4n) is 2.05. The van der Waals surface area contributed by atoms with E-state index in [2.05, 4.69) is 65.4 Å². The van der Waals surface area contributed by atoms with Gasteiger partial charge in [-0.05, 0) is 43.2 Å².